The Hall–Kier alpha value is -2.27. The fourth-order valence-electron chi connectivity index (χ4n) is 2.20. The minimum atomic E-state index is -0.118. The quantitative estimate of drug-likeness (QED) is 0.810. The van der Waals surface area contributed by atoms with Gasteiger partial charge in [0.05, 0.1) is 18.6 Å². The first-order valence-electron chi connectivity index (χ1n) is 6.91. The number of aryl methyl sites for hydroxylation is 1. The Balaban J connectivity index is 2.16. The number of rotatable bonds is 5. The molecule has 0 fully saturated rings. The van der Waals surface area contributed by atoms with Crippen molar-refractivity contribution in [3.05, 3.63) is 65.2 Å². The van der Waals surface area contributed by atoms with Crippen molar-refractivity contribution in [2.24, 2.45) is 0 Å². The van der Waals surface area contributed by atoms with Crippen LogP contribution in [0.4, 0.5) is 0 Å². The summed E-state index contributed by atoms with van der Waals surface area (Å²) < 4.78 is 5.50. The normalized spacial score (nSPS) is 11.7. The monoisotopic (exact) mass is 265 g/mol. The van der Waals surface area contributed by atoms with E-state index in [1.807, 2.05) is 43.3 Å². The van der Waals surface area contributed by atoms with Crippen molar-refractivity contribution in [3.63, 3.8) is 0 Å². The van der Waals surface area contributed by atoms with E-state index in [0.717, 1.165) is 16.9 Å². The van der Waals surface area contributed by atoms with Gasteiger partial charge in [-0.2, -0.15) is 5.26 Å². The van der Waals surface area contributed by atoms with Crippen molar-refractivity contribution >= 4 is 0 Å². The third-order valence-corrected chi connectivity index (χ3v) is 3.28. The van der Waals surface area contributed by atoms with Gasteiger partial charge in [0.25, 0.3) is 0 Å². The van der Waals surface area contributed by atoms with Crippen LogP contribution < -0.4 is 4.74 Å². The fourth-order valence-corrected chi connectivity index (χ4v) is 2.20. The van der Waals surface area contributed by atoms with Crippen LogP contribution >= 0.6 is 0 Å². The number of nitrogens with zero attached hydrogens (tertiary/aromatic N) is 1. The molecule has 0 aliphatic heterocycles. The van der Waals surface area contributed by atoms with Crippen LogP contribution in [0, 0.1) is 18.3 Å². The predicted molar refractivity (Wildman–Crippen MR) is 80.8 cm³/mol. The highest BCUT2D eigenvalue weighted by molar-refractivity contribution is 5.34. The molecule has 0 heterocycles. The zero-order valence-electron chi connectivity index (χ0n) is 12.0. The van der Waals surface area contributed by atoms with E-state index >= 15 is 0 Å². The van der Waals surface area contributed by atoms with Crippen molar-refractivity contribution in [3.8, 4) is 11.8 Å². The van der Waals surface area contributed by atoms with Crippen LogP contribution in [-0.4, -0.2) is 6.61 Å². The smallest absolute Gasteiger partial charge is 0.119 e. The third-order valence-electron chi connectivity index (χ3n) is 3.28. The van der Waals surface area contributed by atoms with Gasteiger partial charge in [-0.1, -0.05) is 42.0 Å². The largest absolute Gasteiger partial charge is 0.494 e. The predicted octanol–water partition coefficient (Wildman–Crippen LogP) is 4.24. The molecule has 2 aromatic rings. The number of hydrogen-bond acceptors (Lipinski definition) is 2. The van der Waals surface area contributed by atoms with Gasteiger partial charge in [-0.15, -0.1) is 0 Å². The average molecular weight is 265 g/mol. The number of benzene rings is 2. The fraction of sp³-hybridized carbons (Fsp3) is 0.278. The van der Waals surface area contributed by atoms with Gasteiger partial charge in [-0.3, -0.25) is 0 Å². The summed E-state index contributed by atoms with van der Waals surface area (Å²) in [4.78, 5) is 0. The highest BCUT2D eigenvalue weighted by Crippen LogP contribution is 2.23. The Morgan fingerprint density at radius 3 is 2.55 bits per heavy atom. The Morgan fingerprint density at radius 2 is 1.90 bits per heavy atom. The summed E-state index contributed by atoms with van der Waals surface area (Å²) in [6.45, 7) is 4.68. The van der Waals surface area contributed by atoms with Gasteiger partial charge in [0.15, 0.2) is 0 Å². The van der Waals surface area contributed by atoms with Crippen LogP contribution in [0.2, 0.25) is 0 Å². The lowest BCUT2D eigenvalue weighted by Crippen LogP contribution is -2.01. The molecule has 0 amide bonds. The van der Waals surface area contributed by atoms with Gasteiger partial charge in [-0.05, 0) is 43.5 Å². The van der Waals surface area contributed by atoms with E-state index in [9.17, 15) is 5.26 Å². The van der Waals surface area contributed by atoms with Gasteiger partial charge in [0, 0.05) is 0 Å². The van der Waals surface area contributed by atoms with E-state index in [1.54, 1.807) is 0 Å². The Labute approximate surface area is 120 Å². The van der Waals surface area contributed by atoms with Crippen LogP contribution in [0.1, 0.15) is 29.5 Å². The molecule has 2 aromatic carbocycles. The van der Waals surface area contributed by atoms with E-state index in [4.69, 9.17) is 4.74 Å². The van der Waals surface area contributed by atoms with Crippen LogP contribution in [0.15, 0.2) is 48.5 Å². The molecule has 0 aliphatic rings. The van der Waals surface area contributed by atoms with Gasteiger partial charge >= 0.3 is 0 Å². The molecule has 0 aromatic heterocycles. The maximum Gasteiger partial charge on any atom is 0.119 e. The van der Waals surface area contributed by atoms with E-state index in [1.165, 1.54) is 5.56 Å². The molecule has 2 heteroatoms. The third kappa shape index (κ3) is 3.61. The highest BCUT2D eigenvalue weighted by atomic mass is 16.5. The highest BCUT2D eigenvalue weighted by Gasteiger charge is 2.11. The molecule has 20 heavy (non-hydrogen) atoms. The van der Waals surface area contributed by atoms with Gasteiger partial charge in [0.1, 0.15) is 5.75 Å². The molecule has 102 valence electrons. The second-order valence-corrected chi connectivity index (χ2v) is 4.88. The van der Waals surface area contributed by atoms with E-state index in [-0.39, 0.29) is 5.92 Å². The lowest BCUT2D eigenvalue weighted by Gasteiger charge is -2.11. The maximum atomic E-state index is 9.40. The van der Waals surface area contributed by atoms with Crippen LogP contribution in [-0.2, 0) is 6.42 Å². The zero-order chi connectivity index (χ0) is 14.4. The summed E-state index contributed by atoms with van der Waals surface area (Å²) in [6, 6.07) is 18.6. The van der Waals surface area contributed by atoms with Crippen molar-refractivity contribution in [1.29, 1.82) is 5.26 Å². The molecule has 2 nitrogen and oxygen atoms in total. The Morgan fingerprint density at radius 1 is 1.15 bits per heavy atom. The second-order valence-electron chi connectivity index (χ2n) is 4.88. The van der Waals surface area contributed by atoms with Crippen LogP contribution in [0.25, 0.3) is 0 Å². The molecule has 0 radical (unpaired) electrons. The molecule has 0 saturated heterocycles. The lowest BCUT2D eigenvalue weighted by molar-refractivity contribution is 0.340. The molecule has 1 unspecified atom stereocenters. The van der Waals surface area contributed by atoms with Gasteiger partial charge < -0.3 is 4.74 Å². The molecule has 0 aliphatic carbocycles. The Kier molecular flexibility index (Phi) is 4.79. The number of ether oxygens (including phenoxy) is 1. The van der Waals surface area contributed by atoms with Crippen molar-refractivity contribution in [2.75, 3.05) is 6.61 Å². The lowest BCUT2D eigenvalue weighted by atomic mass is 9.93. The standard InChI is InChI=1S/C18H19NO/c1-3-20-18-6-4-5-15(12-18)11-17(13-19)16-9-7-14(2)8-10-16/h4-10,12,17H,3,11H2,1-2H3. The summed E-state index contributed by atoms with van der Waals surface area (Å²) in [5.41, 5.74) is 3.41. The molecular formula is C18H19NO. The minimum absolute atomic E-state index is 0.118. The SMILES string of the molecule is CCOc1cccc(CC(C#N)c2ccc(C)cc2)c1. The topological polar surface area (TPSA) is 33.0 Å². The van der Waals surface area contributed by atoms with Crippen molar-refractivity contribution < 1.29 is 4.74 Å². The van der Waals surface area contributed by atoms with E-state index in [2.05, 4.69) is 25.1 Å². The molecule has 0 N–H and O–H groups in total. The second kappa shape index (κ2) is 6.77. The number of nitriles is 1. The maximum absolute atomic E-state index is 9.40. The average Bonchev–Trinajstić information content (AvgIpc) is 2.47. The minimum Gasteiger partial charge on any atom is -0.494 e. The van der Waals surface area contributed by atoms with Crippen LogP contribution in [0.3, 0.4) is 0 Å². The summed E-state index contributed by atoms with van der Waals surface area (Å²) in [7, 11) is 0. The van der Waals surface area contributed by atoms with Gasteiger partial charge in [0.2, 0.25) is 0 Å². The zero-order valence-corrected chi connectivity index (χ0v) is 12.0. The van der Waals surface area contributed by atoms with Crippen molar-refractivity contribution in [1.82, 2.24) is 0 Å². The molecule has 0 spiro atoms. The number of hydrogen-bond donors (Lipinski definition) is 0. The first-order chi connectivity index (χ1) is 9.72. The van der Waals surface area contributed by atoms with Gasteiger partial charge in [-0.25, -0.2) is 0 Å². The molecule has 0 bridgehead atoms. The summed E-state index contributed by atoms with van der Waals surface area (Å²) in [6.07, 6.45) is 0.709. The molecule has 2 rings (SSSR count). The summed E-state index contributed by atoms with van der Waals surface area (Å²) in [5.74, 6) is 0.748. The first-order valence-corrected chi connectivity index (χ1v) is 6.91. The van der Waals surface area contributed by atoms with E-state index < -0.39 is 0 Å². The van der Waals surface area contributed by atoms with Crippen molar-refractivity contribution in [2.45, 2.75) is 26.2 Å². The van der Waals surface area contributed by atoms with Crippen LogP contribution in [0.5, 0.6) is 5.75 Å². The molecular weight excluding hydrogens is 246 g/mol. The van der Waals surface area contributed by atoms with E-state index in [0.29, 0.717) is 13.0 Å². The first kappa shape index (κ1) is 14.1. The molecule has 1 atom stereocenters. The summed E-state index contributed by atoms with van der Waals surface area (Å²) >= 11 is 0. The molecule has 0 saturated carbocycles. The summed E-state index contributed by atoms with van der Waals surface area (Å²) in [5, 5.41) is 9.40. The Bertz CT molecular complexity index is 596.